The van der Waals surface area contributed by atoms with E-state index in [1.54, 1.807) is 6.07 Å². The smallest absolute Gasteiger partial charge is 0.328 e. The maximum Gasteiger partial charge on any atom is 0.328 e. The van der Waals surface area contributed by atoms with Gasteiger partial charge in [-0.15, -0.1) is 0 Å². The molecule has 1 N–H and O–H groups in total. The van der Waals surface area contributed by atoms with Crippen LogP contribution in [-0.2, 0) is 11.4 Å². The Labute approximate surface area is 148 Å². The number of ether oxygens (including phenoxy) is 1. The van der Waals surface area contributed by atoms with E-state index in [4.69, 9.17) is 4.74 Å². The lowest BCUT2D eigenvalue weighted by atomic mass is 10.1. The number of amides is 3. The number of imide groups is 1. The molecule has 0 aromatic heterocycles. The number of carbonyl (C=O) groups is 2. The van der Waals surface area contributed by atoms with Crippen molar-refractivity contribution >= 4 is 23.7 Å². The molecule has 0 saturated carbocycles. The summed E-state index contributed by atoms with van der Waals surface area (Å²) in [4.78, 5) is 35.1. The first-order chi connectivity index (χ1) is 12.5. The molecule has 8 nitrogen and oxygen atoms in total. The normalized spacial score (nSPS) is 15.3. The molecule has 0 atom stereocenters. The first-order valence-corrected chi connectivity index (χ1v) is 7.71. The van der Waals surface area contributed by atoms with Crippen molar-refractivity contribution in [3.05, 3.63) is 75.5 Å². The van der Waals surface area contributed by atoms with Crippen LogP contribution in [0.4, 0.5) is 10.5 Å². The molecule has 2 aromatic carbocycles. The van der Waals surface area contributed by atoms with Gasteiger partial charge in [0.15, 0.2) is 5.75 Å². The van der Waals surface area contributed by atoms with Crippen molar-refractivity contribution in [1.82, 2.24) is 10.2 Å². The molecule has 26 heavy (non-hydrogen) atoms. The molecule has 0 spiro atoms. The quantitative estimate of drug-likeness (QED) is 0.385. The third-order valence-corrected chi connectivity index (χ3v) is 3.81. The Morgan fingerprint density at radius 3 is 2.54 bits per heavy atom. The minimum absolute atomic E-state index is 0.0600. The number of hydrogen-bond acceptors (Lipinski definition) is 5. The van der Waals surface area contributed by atoms with Crippen molar-refractivity contribution in [2.75, 3.05) is 7.05 Å². The standard InChI is InChI=1S/C18H15N3O5/c1-20-17(22)14(19-18(20)23)9-13-7-8-16(15(10-13)21(24)25)26-11-12-5-3-2-4-6-12/h2-10H,11H2,1H3,(H,19,23)/b14-9+. The highest BCUT2D eigenvalue weighted by molar-refractivity contribution is 6.13. The highest BCUT2D eigenvalue weighted by Crippen LogP contribution is 2.29. The Bertz CT molecular complexity index is 908. The average molecular weight is 353 g/mol. The summed E-state index contributed by atoms with van der Waals surface area (Å²) in [6, 6.07) is 13.1. The van der Waals surface area contributed by atoms with Gasteiger partial charge in [0.25, 0.3) is 5.91 Å². The fourth-order valence-corrected chi connectivity index (χ4v) is 2.41. The van der Waals surface area contributed by atoms with Gasteiger partial charge in [0, 0.05) is 13.1 Å². The van der Waals surface area contributed by atoms with E-state index < -0.39 is 16.9 Å². The summed E-state index contributed by atoms with van der Waals surface area (Å²) in [6.45, 7) is 0.196. The molecule has 2 aromatic rings. The lowest BCUT2D eigenvalue weighted by Gasteiger charge is -2.07. The number of benzene rings is 2. The Morgan fingerprint density at radius 1 is 1.19 bits per heavy atom. The summed E-state index contributed by atoms with van der Waals surface area (Å²) >= 11 is 0. The second-order valence-corrected chi connectivity index (χ2v) is 5.61. The van der Waals surface area contributed by atoms with Crippen molar-refractivity contribution in [3.8, 4) is 5.75 Å². The number of nitro benzene ring substituents is 1. The molecule has 1 aliphatic heterocycles. The van der Waals surface area contributed by atoms with Crippen LogP contribution in [0.1, 0.15) is 11.1 Å². The molecule has 1 aliphatic rings. The summed E-state index contributed by atoms with van der Waals surface area (Å²) in [5.74, 6) is -0.373. The maximum absolute atomic E-state index is 11.9. The number of likely N-dealkylation sites (N-methyl/N-ethyl adjacent to an activating group) is 1. The Kier molecular flexibility index (Phi) is 4.66. The molecule has 1 heterocycles. The molecule has 0 aliphatic carbocycles. The van der Waals surface area contributed by atoms with Gasteiger partial charge < -0.3 is 10.1 Å². The van der Waals surface area contributed by atoms with Gasteiger partial charge in [-0.3, -0.25) is 19.8 Å². The predicted molar refractivity (Wildman–Crippen MR) is 93.1 cm³/mol. The molecule has 0 unspecified atom stereocenters. The molecule has 0 bridgehead atoms. The van der Waals surface area contributed by atoms with E-state index in [-0.39, 0.29) is 23.7 Å². The Hall–Kier alpha value is -3.68. The second-order valence-electron chi connectivity index (χ2n) is 5.61. The zero-order valence-electron chi connectivity index (χ0n) is 13.8. The minimum atomic E-state index is -0.552. The van der Waals surface area contributed by atoms with Crippen LogP contribution in [-0.4, -0.2) is 28.8 Å². The number of rotatable bonds is 5. The molecule has 3 rings (SSSR count). The van der Waals surface area contributed by atoms with E-state index in [9.17, 15) is 19.7 Å². The molecule has 1 fully saturated rings. The van der Waals surface area contributed by atoms with E-state index >= 15 is 0 Å². The summed E-state index contributed by atoms with van der Waals surface area (Å²) in [7, 11) is 1.35. The number of carbonyl (C=O) groups excluding carboxylic acids is 2. The number of hydrogen-bond donors (Lipinski definition) is 1. The van der Waals surface area contributed by atoms with E-state index in [1.807, 2.05) is 30.3 Å². The lowest BCUT2D eigenvalue weighted by Crippen LogP contribution is -2.25. The first kappa shape index (κ1) is 17.2. The van der Waals surface area contributed by atoms with Crippen LogP contribution >= 0.6 is 0 Å². The van der Waals surface area contributed by atoms with Gasteiger partial charge in [-0.1, -0.05) is 36.4 Å². The van der Waals surface area contributed by atoms with E-state index in [0.29, 0.717) is 5.56 Å². The molecule has 1 saturated heterocycles. The Balaban J connectivity index is 1.84. The number of nitro groups is 1. The first-order valence-electron chi connectivity index (χ1n) is 7.71. The zero-order chi connectivity index (χ0) is 18.7. The molecular weight excluding hydrogens is 338 g/mol. The van der Waals surface area contributed by atoms with Gasteiger partial charge in [-0.2, -0.15) is 0 Å². The third kappa shape index (κ3) is 3.54. The summed E-state index contributed by atoms with van der Waals surface area (Å²) < 4.78 is 5.56. The largest absolute Gasteiger partial charge is 0.482 e. The molecule has 3 amide bonds. The second kappa shape index (κ2) is 7.06. The summed E-state index contributed by atoms with van der Waals surface area (Å²) in [5.41, 5.74) is 1.13. The van der Waals surface area contributed by atoms with Crippen molar-refractivity contribution in [3.63, 3.8) is 0 Å². The van der Waals surface area contributed by atoms with Crippen LogP contribution in [0.5, 0.6) is 5.75 Å². The van der Waals surface area contributed by atoms with Crippen LogP contribution in [0.25, 0.3) is 6.08 Å². The van der Waals surface area contributed by atoms with E-state index in [0.717, 1.165) is 10.5 Å². The van der Waals surface area contributed by atoms with Crippen LogP contribution < -0.4 is 10.1 Å². The van der Waals surface area contributed by atoms with Gasteiger partial charge in [0.1, 0.15) is 12.3 Å². The van der Waals surface area contributed by atoms with Gasteiger partial charge >= 0.3 is 11.7 Å². The highest BCUT2D eigenvalue weighted by atomic mass is 16.6. The number of urea groups is 1. The lowest BCUT2D eigenvalue weighted by molar-refractivity contribution is -0.386. The van der Waals surface area contributed by atoms with Crippen LogP contribution in [0.3, 0.4) is 0 Å². The number of nitrogens with one attached hydrogen (secondary N) is 1. The van der Waals surface area contributed by atoms with Crippen molar-refractivity contribution < 1.29 is 19.2 Å². The molecule has 132 valence electrons. The Morgan fingerprint density at radius 2 is 1.92 bits per heavy atom. The fraction of sp³-hybridized carbons (Fsp3) is 0.111. The van der Waals surface area contributed by atoms with E-state index in [2.05, 4.69) is 5.32 Å². The minimum Gasteiger partial charge on any atom is -0.482 e. The van der Waals surface area contributed by atoms with Crippen molar-refractivity contribution in [2.24, 2.45) is 0 Å². The topological polar surface area (TPSA) is 102 Å². The van der Waals surface area contributed by atoms with Crippen molar-refractivity contribution in [2.45, 2.75) is 6.61 Å². The fourth-order valence-electron chi connectivity index (χ4n) is 2.41. The van der Waals surface area contributed by atoms with Gasteiger partial charge in [0.05, 0.1) is 4.92 Å². The third-order valence-electron chi connectivity index (χ3n) is 3.81. The van der Waals surface area contributed by atoms with Gasteiger partial charge in [-0.25, -0.2) is 4.79 Å². The SMILES string of the molecule is CN1C(=O)N/C(=C/c2ccc(OCc3ccccc3)c([N+](=O)[O-])c2)C1=O. The van der Waals surface area contributed by atoms with Crippen molar-refractivity contribution in [1.29, 1.82) is 0 Å². The van der Waals surface area contributed by atoms with Crippen LogP contribution in [0.2, 0.25) is 0 Å². The monoisotopic (exact) mass is 353 g/mol. The number of nitrogens with zero attached hydrogens (tertiary/aromatic N) is 2. The molecule has 0 radical (unpaired) electrons. The van der Waals surface area contributed by atoms with Crippen LogP contribution in [0.15, 0.2) is 54.2 Å². The van der Waals surface area contributed by atoms with Crippen LogP contribution in [0, 0.1) is 10.1 Å². The summed E-state index contributed by atoms with van der Waals surface area (Å²) in [6.07, 6.45) is 1.39. The highest BCUT2D eigenvalue weighted by Gasteiger charge is 2.30. The van der Waals surface area contributed by atoms with E-state index in [1.165, 1.54) is 25.3 Å². The van der Waals surface area contributed by atoms with Gasteiger partial charge in [0.2, 0.25) is 0 Å². The van der Waals surface area contributed by atoms with Gasteiger partial charge in [-0.05, 0) is 23.3 Å². The molecule has 8 heteroatoms. The summed E-state index contributed by atoms with van der Waals surface area (Å²) in [5, 5.41) is 13.8. The average Bonchev–Trinajstić information content (AvgIpc) is 2.88. The zero-order valence-corrected chi connectivity index (χ0v) is 13.8. The maximum atomic E-state index is 11.9. The predicted octanol–water partition coefficient (Wildman–Crippen LogP) is 2.70. The molecular formula is C18H15N3O5.